The molecule has 0 atom stereocenters. The molecule has 0 fully saturated rings. The molecule has 0 aliphatic carbocycles. The minimum absolute atomic E-state index is 0. The largest absolute Gasteiger partial charge is 0 e. The first-order valence-corrected chi connectivity index (χ1v) is 1.37. The predicted octanol–water partition coefficient (Wildman–Crippen LogP) is -0.505. The molecular formula is CuOSnZn. The standard InChI is InChI=1S/Cu.O.Sn.Zn. The van der Waals surface area contributed by atoms with Gasteiger partial charge in [0.2, 0.25) is 0 Å². The van der Waals surface area contributed by atoms with Crippen LogP contribution in [0.2, 0.25) is 0 Å². The molecule has 0 unspecified atom stereocenters. The van der Waals surface area contributed by atoms with Gasteiger partial charge in [0, 0.05) is 36.5 Å². The van der Waals surface area contributed by atoms with E-state index >= 15 is 0 Å². The molecule has 0 N–H and O–H groups in total. The van der Waals surface area contributed by atoms with Crippen molar-refractivity contribution in [1.29, 1.82) is 0 Å². The van der Waals surface area contributed by atoms with E-state index < -0.39 is 0 Å². The third-order valence-electron chi connectivity index (χ3n) is 0. The van der Waals surface area contributed by atoms with Crippen molar-refractivity contribution < 1.29 is 39.6 Å². The van der Waals surface area contributed by atoms with Crippen molar-refractivity contribution in [3.63, 3.8) is 0 Å². The van der Waals surface area contributed by atoms with E-state index in [9.17, 15) is 0 Å². The second-order valence-corrected chi connectivity index (χ2v) is 0. The van der Waals surface area contributed by atoms with Crippen molar-refractivity contribution in [2.24, 2.45) is 0 Å². The van der Waals surface area contributed by atoms with Crippen molar-refractivity contribution in [3.8, 4) is 0 Å². The zero-order chi connectivity index (χ0) is 2.00. The van der Waals surface area contributed by atoms with Gasteiger partial charge in [0.15, 0.2) is 0 Å². The summed E-state index contributed by atoms with van der Waals surface area (Å²) < 4.78 is 8.34. The molecule has 0 aliphatic heterocycles. The molecule has 4 heavy (non-hydrogen) atoms. The summed E-state index contributed by atoms with van der Waals surface area (Å²) >= 11 is 0.300. The van der Waals surface area contributed by atoms with E-state index in [-0.39, 0.29) is 36.5 Å². The van der Waals surface area contributed by atoms with Gasteiger partial charge in [-0.25, -0.2) is 0 Å². The summed E-state index contributed by atoms with van der Waals surface area (Å²) in [6.45, 7) is 0. The molecule has 0 rings (SSSR count). The van der Waals surface area contributed by atoms with Gasteiger partial charge in [-0.2, -0.15) is 0 Å². The summed E-state index contributed by atoms with van der Waals surface area (Å²) in [5.41, 5.74) is 0. The molecule has 0 amide bonds. The van der Waals surface area contributed by atoms with Gasteiger partial charge < -0.3 is 0 Å². The number of hydrogen-bond acceptors (Lipinski definition) is 1. The Balaban J connectivity index is -0.00000000500. The Hall–Kier alpha value is 1.74. The summed E-state index contributed by atoms with van der Waals surface area (Å²) in [6, 6.07) is 0. The first-order valence-electron chi connectivity index (χ1n) is 0.204. The number of hydrogen-bond donors (Lipinski definition) is 0. The summed E-state index contributed by atoms with van der Waals surface area (Å²) in [6.07, 6.45) is 0. The van der Waals surface area contributed by atoms with E-state index in [1.54, 1.807) is 0 Å². The van der Waals surface area contributed by atoms with Crippen molar-refractivity contribution in [3.05, 3.63) is 0 Å². The van der Waals surface area contributed by atoms with E-state index in [4.69, 9.17) is 3.08 Å². The van der Waals surface area contributed by atoms with Gasteiger partial charge in [-0.3, -0.25) is 0 Å². The average Bonchev–Trinajstić information content (AvgIpc) is 1.00. The number of rotatable bonds is 0. The van der Waals surface area contributed by atoms with Crippen molar-refractivity contribution >= 4 is 22.5 Å². The Morgan fingerprint density at radius 2 is 1.25 bits per heavy atom. The molecule has 0 aromatic carbocycles. The third-order valence-corrected chi connectivity index (χ3v) is 0. The summed E-state index contributed by atoms with van der Waals surface area (Å²) in [5, 5.41) is 0. The quantitative estimate of drug-likeness (QED) is 0.539. The van der Waals surface area contributed by atoms with E-state index in [0.717, 1.165) is 0 Å². The molecule has 0 heterocycles. The van der Waals surface area contributed by atoms with Gasteiger partial charge in [-0.15, -0.1) is 0 Å². The van der Waals surface area contributed by atoms with Crippen LogP contribution in [0.3, 0.4) is 0 Å². The molecule has 1 nitrogen and oxygen atoms in total. The molecule has 0 saturated heterocycles. The fourth-order valence-corrected chi connectivity index (χ4v) is 0. The first-order chi connectivity index (χ1) is 1.00. The fraction of sp³-hybridized carbons (Fsp3) is 0. The van der Waals surface area contributed by atoms with Crippen LogP contribution in [0.5, 0.6) is 0 Å². The summed E-state index contributed by atoms with van der Waals surface area (Å²) in [5.74, 6) is 0. The fourth-order valence-electron chi connectivity index (χ4n) is 0. The maximum atomic E-state index is 8.34. The van der Waals surface area contributed by atoms with E-state index in [0.29, 0.717) is 22.5 Å². The second-order valence-electron chi connectivity index (χ2n) is 0. The predicted molar refractivity (Wildman–Crippen MR) is 6.44 cm³/mol. The van der Waals surface area contributed by atoms with Crippen LogP contribution in [0.1, 0.15) is 0 Å². The van der Waals surface area contributed by atoms with E-state index in [1.807, 2.05) is 0 Å². The zero-order valence-corrected chi connectivity index (χ0v) is 8.68. The smallest absolute Gasteiger partial charge is 0 e. The van der Waals surface area contributed by atoms with Crippen LogP contribution in [0.25, 0.3) is 0 Å². The molecule has 23 valence electrons. The van der Waals surface area contributed by atoms with Gasteiger partial charge >= 0.3 is 25.6 Å². The van der Waals surface area contributed by atoms with E-state index in [1.165, 1.54) is 0 Å². The minimum atomic E-state index is 0. The molecule has 3 radical (unpaired) electrons. The Bertz CT molecular complexity index is 8.00. The Labute approximate surface area is 61.6 Å². The zero-order valence-electron chi connectivity index (χ0n) is 1.92. The van der Waals surface area contributed by atoms with Crippen LogP contribution >= 0.6 is 0 Å². The van der Waals surface area contributed by atoms with Gasteiger partial charge in [-0.1, -0.05) is 0 Å². The SMILES string of the molecule is [Cu].[O]=[Sn].[Zn]. The van der Waals surface area contributed by atoms with Crippen LogP contribution in [-0.4, -0.2) is 22.5 Å². The maximum absolute atomic E-state index is 8.34. The molecule has 0 aromatic heterocycles. The van der Waals surface area contributed by atoms with Crippen molar-refractivity contribution in [2.75, 3.05) is 0 Å². The molecule has 0 aromatic rings. The summed E-state index contributed by atoms with van der Waals surface area (Å²) in [4.78, 5) is 0. The minimum Gasteiger partial charge on any atom is 0 e. The second kappa shape index (κ2) is 21.9. The molecule has 4 heteroatoms. The van der Waals surface area contributed by atoms with Crippen LogP contribution in [0.4, 0.5) is 0 Å². The Morgan fingerprint density at radius 1 is 1.25 bits per heavy atom. The van der Waals surface area contributed by atoms with Crippen LogP contribution in [0, 0.1) is 0 Å². The maximum Gasteiger partial charge on any atom is 0 e. The summed E-state index contributed by atoms with van der Waals surface area (Å²) in [7, 11) is 0. The molecule has 0 spiro atoms. The topological polar surface area (TPSA) is 17.1 Å². The van der Waals surface area contributed by atoms with Gasteiger partial charge in [0.25, 0.3) is 0 Å². The first kappa shape index (κ1) is 17.2. The molecule has 0 aliphatic rings. The van der Waals surface area contributed by atoms with E-state index in [2.05, 4.69) is 0 Å². The molecule has 0 saturated carbocycles. The van der Waals surface area contributed by atoms with Gasteiger partial charge in [0.05, 0.1) is 0 Å². The molecular weight excluding hydrogens is 264 g/mol. The average molecular weight is 264 g/mol. The van der Waals surface area contributed by atoms with Gasteiger partial charge in [-0.05, 0) is 0 Å². The Morgan fingerprint density at radius 3 is 1.25 bits per heavy atom. The van der Waals surface area contributed by atoms with Gasteiger partial charge in [0.1, 0.15) is 0 Å². The van der Waals surface area contributed by atoms with Crippen LogP contribution in [0.15, 0.2) is 0 Å². The molecule has 0 bridgehead atoms. The van der Waals surface area contributed by atoms with Crippen molar-refractivity contribution in [1.82, 2.24) is 0 Å². The van der Waals surface area contributed by atoms with Crippen LogP contribution in [-0.2, 0) is 39.6 Å². The Kier molecular flexibility index (Phi) is 94.0. The third kappa shape index (κ3) is 9.27. The normalized spacial score (nSPS) is 1.00. The monoisotopic (exact) mass is 263 g/mol. The van der Waals surface area contributed by atoms with Crippen LogP contribution < -0.4 is 0 Å². The van der Waals surface area contributed by atoms with Crippen molar-refractivity contribution in [2.45, 2.75) is 0 Å².